The van der Waals surface area contributed by atoms with Gasteiger partial charge in [0.25, 0.3) is 0 Å². The van der Waals surface area contributed by atoms with Crippen LogP contribution in [0.15, 0.2) is 55.1 Å². The highest BCUT2D eigenvalue weighted by Gasteiger charge is 2.06. The van der Waals surface area contributed by atoms with Gasteiger partial charge in [0.2, 0.25) is 0 Å². The van der Waals surface area contributed by atoms with Crippen LogP contribution in [0.4, 0.5) is 21.7 Å². The lowest BCUT2D eigenvalue weighted by Crippen LogP contribution is -2.06. The number of pyridine rings is 1. The Morgan fingerprint density at radius 2 is 2.00 bits per heavy atom. The second-order valence-electron chi connectivity index (χ2n) is 4.96. The summed E-state index contributed by atoms with van der Waals surface area (Å²) in [6, 6.07) is 8.31. The van der Waals surface area contributed by atoms with Crippen molar-refractivity contribution >= 4 is 23.5 Å². The summed E-state index contributed by atoms with van der Waals surface area (Å²) in [6.07, 6.45) is 7.50. The monoisotopic (exact) mass is 324 g/mol. The van der Waals surface area contributed by atoms with Gasteiger partial charge in [-0.05, 0) is 6.07 Å². The first-order valence-corrected chi connectivity index (χ1v) is 7.27. The standard InChI is InChI=1S/C17H15FN6.H2/c18-14-4-2-1-3-12(14)9-22-15-7-16(23-10-13(15)8-19)24-17-11-20-5-6-21-17;/h1-8,10-11,19H,9H2,(H2,21,22,23,24);1H. The van der Waals surface area contributed by atoms with E-state index in [0.717, 1.165) is 0 Å². The zero-order chi connectivity index (χ0) is 16.8. The zero-order valence-electron chi connectivity index (χ0n) is 12.7. The summed E-state index contributed by atoms with van der Waals surface area (Å²) in [7, 11) is 0. The smallest absolute Gasteiger partial charge is 0.150 e. The first-order valence-electron chi connectivity index (χ1n) is 7.27. The van der Waals surface area contributed by atoms with Crippen molar-refractivity contribution < 1.29 is 5.82 Å². The Kier molecular flexibility index (Phi) is 4.71. The van der Waals surface area contributed by atoms with Crippen molar-refractivity contribution in [1.82, 2.24) is 15.0 Å². The number of nitrogens with zero attached hydrogens (tertiary/aromatic N) is 3. The van der Waals surface area contributed by atoms with E-state index in [1.54, 1.807) is 49.1 Å². The van der Waals surface area contributed by atoms with E-state index in [1.165, 1.54) is 12.3 Å². The van der Waals surface area contributed by atoms with Crippen LogP contribution in [0, 0.1) is 11.2 Å². The summed E-state index contributed by atoms with van der Waals surface area (Å²) >= 11 is 0. The summed E-state index contributed by atoms with van der Waals surface area (Å²) in [4.78, 5) is 12.3. The molecule has 2 aromatic heterocycles. The van der Waals surface area contributed by atoms with Crippen LogP contribution in [0.3, 0.4) is 0 Å². The van der Waals surface area contributed by atoms with Crippen molar-refractivity contribution in [3.05, 3.63) is 72.1 Å². The average molecular weight is 324 g/mol. The minimum absolute atomic E-state index is 0. The van der Waals surface area contributed by atoms with Gasteiger partial charge >= 0.3 is 0 Å². The van der Waals surface area contributed by atoms with Gasteiger partial charge in [-0.15, -0.1) is 0 Å². The van der Waals surface area contributed by atoms with Gasteiger partial charge in [0, 0.05) is 55.7 Å². The Hall–Kier alpha value is -3.35. The van der Waals surface area contributed by atoms with E-state index in [2.05, 4.69) is 25.6 Å². The van der Waals surface area contributed by atoms with Gasteiger partial charge in [0.15, 0.2) is 0 Å². The van der Waals surface area contributed by atoms with Crippen LogP contribution < -0.4 is 10.6 Å². The van der Waals surface area contributed by atoms with Crippen LogP contribution in [0.2, 0.25) is 0 Å². The molecule has 0 saturated heterocycles. The third-order valence-corrected chi connectivity index (χ3v) is 3.34. The molecule has 6 nitrogen and oxygen atoms in total. The van der Waals surface area contributed by atoms with Crippen LogP contribution in [0.1, 0.15) is 12.6 Å². The van der Waals surface area contributed by atoms with Crippen molar-refractivity contribution in [1.29, 1.82) is 5.41 Å². The Morgan fingerprint density at radius 3 is 2.75 bits per heavy atom. The molecule has 0 radical (unpaired) electrons. The van der Waals surface area contributed by atoms with Gasteiger partial charge in [-0.2, -0.15) is 0 Å². The average Bonchev–Trinajstić information content (AvgIpc) is 2.62. The van der Waals surface area contributed by atoms with Crippen LogP contribution in [0.25, 0.3) is 0 Å². The van der Waals surface area contributed by atoms with Gasteiger partial charge in [0.1, 0.15) is 17.5 Å². The van der Waals surface area contributed by atoms with Crippen LogP contribution in [0.5, 0.6) is 0 Å². The molecule has 7 heteroatoms. The summed E-state index contributed by atoms with van der Waals surface area (Å²) < 4.78 is 13.7. The van der Waals surface area contributed by atoms with E-state index < -0.39 is 0 Å². The molecule has 0 unspecified atom stereocenters. The van der Waals surface area contributed by atoms with Crippen molar-refractivity contribution in [2.24, 2.45) is 0 Å². The molecule has 3 N–H and O–H groups in total. The molecule has 0 amide bonds. The summed E-state index contributed by atoms with van der Waals surface area (Å²) in [5, 5.41) is 13.7. The lowest BCUT2D eigenvalue weighted by molar-refractivity contribution is 0.613. The maximum Gasteiger partial charge on any atom is 0.150 e. The highest BCUT2D eigenvalue weighted by Crippen LogP contribution is 2.20. The third kappa shape index (κ3) is 3.70. The number of anilines is 3. The molecule has 0 fully saturated rings. The molecule has 3 rings (SSSR count). The molecule has 24 heavy (non-hydrogen) atoms. The van der Waals surface area contributed by atoms with Crippen molar-refractivity contribution in [2.45, 2.75) is 6.54 Å². The molecular formula is C17H17FN6. The lowest BCUT2D eigenvalue weighted by atomic mass is 10.2. The molecule has 0 aliphatic rings. The van der Waals surface area contributed by atoms with Gasteiger partial charge in [-0.25, -0.2) is 14.4 Å². The molecule has 0 atom stereocenters. The molecule has 1 aromatic carbocycles. The Labute approximate surface area is 139 Å². The minimum Gasteiger partial charge on any atom is -0.380 e. The first-order chi connectivity index (χ1) is 11.8. The van der Waals surface area contributed by atoms with Crippen LogP contribution in [-0.2, 0) is 6.54 Å². The highest BCUT2D eigenvalue weighted by atomic mass is 19.1. The molecule has 0 spiro atoms. The van der Waals surface area contributed by atoms with Gasteiger partial charge in [-0.3, -0.25) is 4.98 Å². The maximum atomic E-state index is 13.7. The van der Waals surface area contributed by atoms with Crippen molar-refractivity contribution in [2.75, 3.05) is 10.6 Å². The second kappa shape index (κ2) is 7.28. The van der Waals surface area contributed by atoms with E-state index in [0.29, 0.717) is 35.0 Å². The third-order valence-electron chi connectivity index (χ3n) is 3.34. The lowest BCUT2D eigenvalue weighted by Gasteiger charge is -2.12. The van der Waals surface area contributed by atoms with E-state index in [9.17, 15) is 4.39 Å². The second-order valence-corrected chi connectivity index (χ2v) is 4.96. The van der Waals surface area contributed by atoms with Crippen LogP contribution in [-0.4, -0.2) is 21.2 Å². The fourth-order valence-electron chi connectivity index (χ4n) is 2.13. The molecule has 0 aliphatic heterocycles. The quantitative estimate of drug-likeness (QED) is 0.603. The Morgan fingerprint density at radius 1 is 1.12 bits per heavy atom. The molecule has 3 aromatic rings. The normalized spacial score (nSPS) is 10.2. The number of hydrogen-bond donors (Lipinski definition) is 3. The van der Waals surface area contributed by atoms with E-state index in [4.69, 9.17) is 5.41 Å². The van der Waals surface area contributed by atoms with Gasteiger partial charge in [-0.1, -0.05) is 18.2 Å². The van der Waals surface area contributed by atoms with Crippen molar-refractivity contribution in [3.63, 3.8) is 0 Å². The topological polar surface area (TPSA) is 86.6 Å². The molecular weight excluding hydrogens is 307 g/mol. The maximum absolute atomic E-state index is 13.7. The van der Waals surface area contributed by atoms with Gasteiger partial charge < -0.3 is 16.0 Å². The molecule has 0 aliphatic carbocycles. The van der Waals surface area contributed by atoms with E-state index in [-0.39, 0.29) is 7.24 Å². The van der Waals surface area contributed by atoms with E-state index >= 15 is 0 Å². The zero-order valence-corrected chi connectivity index (χ0v) is 12.7. The molecule has 2 heterocycles. The predicted molar refractivity (Wildman–Crippen MR) is 93.3 cm³/mol. The number of benzene rings is 1. The largest absolute Gasteiger partial charge is 0.380 e. The fraction of sp³-hybridized carbons (Fsp3) is 0.0588. The SMILES string of the molecule is N=Cc1cnc(Nc2cnccn2)cc1NCc1ccccc1F.[HH]. The Bertz CT molecular complexity index is 844. The summed E-state index contributed by atoms with van der Waals surface area (Å²) in [5.74, 6) is 0.846. The number of nitrogens with one attached hydrogen (secondary N) is 3. The first kappa shape index (κ1) is 15.5. The van der Waals surface area contributed by atoms with Crippen molar-refractivity contribution in [3.8, 4) is 0 Å². The fourth-order valence-corrected chi connectivity index (χ4v) is 2.13. The number of aromatic nitrogens is 3. The Balaban J connectivity index is 0.00000225. The highest BCUT2D eigenvalue weighted by molar-refractivity contribution is 5.86. The molecule has 0 bridgehead atoms. The molecule has 122 valence electrons. The predicted octanol–water partition coefficient (Wildman–Crippen LogP) is 3.61. The number of halogens is 1. The van der Waals surface area contributed by atoms with Crippen LogP contribution >= 0.6 is 0 Å². The van der Waals surface area contributed by atoms with Gasteiger partial charge in [0.05, 0.1) is 6.20 Å². The number of rotatable bonds is 6. The minimum atomic E-state index is -0.270. The van der Waals surface area contributed by atoms with E-state index in [1.807, 2.05) is 0 Å². The summed E-state index contributed by atoms with van der Waals surface area (Å²) in [5.41, 5.74) is 1.83. The molecule has 0 saturated carbocycles. The summed E-state index contributed by atoms with van der Waals surface area (Å²) in [6.45, 7) is 0.308. The number of hydrogen-bond acceptors (Lipinski definition) is 6.